The summed E-state index contributed by atoms with van der Waals surface area (Å²) in [5, 5.41) is 10.4. The monoisotopic (exact) mass is 254 g/mol. The summed E-state index contributed by atoms with van der Waals surface area (Å²) in [5.74, 6) is -1.81. The third-order valence-corrected chi connectivity index (χ3v) is 3.68. The van der Waals surface area contributed by atoms with E-state index in [0.29, 0.717) is 12.0 Å². The average molecular weight is 254 g/mol. The predicted octanol–water partition coefficient (Wildman–Crippen LogP) is 2.86. The zero-order chi connectivity index (χ0) is 13.3. The number of carbonyl (C=O) groups is 1. The summed E-state index contributed by atoms with van der Waals surface area (Å²) in [7, 11) is 0. The third kappa shape index (κ3) is 2.17. The number of Topliss-reactive ketones (excluding diaryl/α,β-unsaturated/α-hetero) is 1. The Morgan fingerprint density at radius 1 is 1.22 bits per heavy atom. The summed E-state index contributed by atoms with van der Waals surface area (Å²) < 4.78 is 27.7. The second-order valence-electron chi connectivity index (χ2n) is 4.82. The molecule has 98 valence electrons. The number of hydrogen-bond acceptors (Lipinski definition) is 2. The number of rotatable bonds is 2. The van der Waals surface area contributed by atoms with Gasteiger partial charge in [0.25, 0.3) is 0 Å². The molecule has 0 bridgehead atoms. The highest BCUT2D eigenvalue weighted by Crippen LogP contribution is 2.38. The van der Waals surface area contributed by atoms with Gasteiger partial charge in [-0.1, -0.05) is 19.1 Å². The first-order valence-electron chi connectivity index (χ1n) is 6.19. The van der Waals surface area contributed by atoms with Crippen LogP contribution in [0.25, 0.3) is 0 Å². The number of aryl methyl sites for hydroxylation is 1. The van der Waals surface area contributed by atoms with Crippen LogP contribution in [0.3, 0.4) is 0 Å². The molecule has 0 atom stereocenters. The maximum absolute atomic E-state index is 14.0. The quantitative estimate of drug-likeness (QED) is 0.881. The summed E-state index contributed by atoms with van der Waals surface area (Å²) in [6, 6.07) is 2.94. The van der Waals surface area contributed by atoms with Crippen molar-refractivity contribution in [3.63, 3.8) is 0 Å². The fourth-order valence-corrected chi connectivity index (χ4v) is 2.43. The zero-order valence-electron chi connectivity index (χ0n) is 10.3. The first-order chi connectivity index (χ1) is 8.48. The first kappa shape index (κ1) is 13.1. The van der Waals surface area contributed by atoms with E-state index in [9.17, 15) is 18.7 Å². The van der Waals surface area contributed by atoms with Crippen LogP contribution in [0, 0.1) is 11.6 Å². The minimum Gasteiger partial charge on any atom is -0.385 e. The van der Waals surface area contributed by atoms with Crippen LogP contribution in [-0.4, -0.2) is 10.9 Å². The van der Waals surface area contributed by atoms with Gasteiger partial charge in [0.1, 0.15) is 5.78 Å². The standard InChI is InChI=1S/C14H16F2O2/c1-2-9-3-4-11(13(16)12(9)15)14(18)7-5-10(17)6-8-14/h3-4,18H,2,5-8H2,1H3. The normalized spacial score (nSPS) is 19.0. The highest BCUT2D eigenvalue weighted by molar-refractivity contribution is 5.79. The molecule has 0 aliphatic heterocycles. The number of aliphatic hydroxyl groups is 1. The van der Waals surface area contributed by atoms with E-state index >= 15 is 0 Å². The molecular formula is C14H16F2O2. The van der Waals surface area contributed by atoms with E-state index in [4.69, 9.17) is 0 Å². The van der Waals surface area contributed by atoms with Gasteiger partial charge >= 0.3 is 0 Å². The average Bonchev–Trinajstić information content (AvgIpc) is 2.36. The fraction of sp³-hybridized carbons (Fsp3) is 0.500. The summed E-state index contributed by atoms with van der Waals surface area (Å²) in [6.07, 6.45) is 1.15. The molecule has 1 aromatic rings. The van der Waals surface area contributed by atoms with Crippen molar-refractivity contribution in [3.05, 3.63) is 34.9 Å². The fourth-order valence-electron chi connectivity index (χ4n) is 2.43. The van der Waals surface area contributed by atoms with Gasteiger partial charge in [0.05, 0.1) is 5.60 Å². The van der Waals surface area contributed by atoms with Gasteiger partial charge in [-0.05, 0) is 24.8 Å². The van der Waals surface area contributed by atoms with Crippen molar-refractivity contribution in [3.8, 4) is 0 Å². The molecule has 18 heavy (non-hydrogen) atoms. The molecule has 1 aliphatic rings. The topological polar surface area (TPSA) is 37.3 Å². The Balaban J connectivity index is 2.39. The second-order valence-corrected chi connectivity index (χ2v) is 4.82. The number of carbonyl (C=O) groups excluding carboxylic acids is 1. The smallest absolute Gasteiger partial charge is 0.165 e. The molecule has 2 nitrogen and oxygen atoms in total. The Bertz CT molecular complexity index is 473. The summed E-state index contributed by atoms with van der Waals surface area (Å²) in [6.45, 7) is 1.74. The van der Waals surface area contributed by atoms with Crippen molar-refractivity contribution < 1.29 is 18.7 Å². The van der Waals surface area contributed by atoms with Crippen LogP contribution in [0.5, 0.6) is 0 Å². The zero-order valence-corrected chi connectivity index (χ0v) is 10.3. The number of benzene rings is 1. The van der Waals surface area contributed by atoms with Gasteiger partial charge < -0.3 is 5.11 Å². The summed E-state index contributed by atoms with van der Waals surface area (Å²) >= 11 is 0. The van der Waals surface area contributed by atoms with Gasteiger partial charge in [0.15, 0.2) is 11.6 Å². The third-order valence-electron chi connectivity index (χ3n) is 3.68. The van der Waals surface area contributed by atoms with Crippen LogP contribution in [-0.2, 0) is 16.8 Å². The number of ketones is 1. The molecule has 0 amide bonds. The SMILES string of the molecule is CCc1ccc(C2(O)CCC(=O)CC2)c(F)c1F. The van der Waals surface area contributed by atoms with Gasteiger partial charge in [-0.25, -0.2) is 8.78 Å². The minimum absolute atomic E-state index is 0.0234. The van der Waals surface area contributed by atoms with Gasteiger partial charge in [-0.2, -0.15) is 0 Å². The largest absolute Gasteiger partial charge is 0.385 e. The molecule has 1 fully saturated rings. The molecule has 1 aromatic carbocycles. The lowest BCUT2D eigenvalue weighted by atomic mass is 9.78. The molecule has 0 unspecified atom stereocenters. The van der Waals surface area contributed by atoms with Crippen molar-refractivity contribution in [2.75, 3.05) is 0 Å². The molecule has 1 N–H and O–H groups in total. The molecule has 1 saturated carbocycles. The van der Waals surface area contributed by atoms with Gasteiger partial charge in [-0.15, -0.1) is 0 Å². The second kappa shape index (κ2) is 4.76. The van der Waals surface area contributed by atoms with E-state index < -0.39 is 17.2 Å². The van der Waals surface area contributed by atoms with E-state index in [1.165, 1.54) is 12.1 Å². The molecule has 4 heteroatoms. The molecule has 0 heterocycles. The lowest BCUT2D eigenvalue weighted by Gasteiger charge is -2.32. The van der Waals surface area contributed by atoms with Crippen LogP contribution in [0.1, 0.15) is 43.7 Å². The maximum Gasteiger partial charge on any atom is 0.165 e. The van der Waals surface area contributed by atoms with E-state index in [2.05, 4.69) is 0 Å². The Morgan fingerprint density at radius 2 is 1.83 bits per heavy atom. The summed E-state index contributed by atoms with van der Waals surface area (Å²) in [5.41, 5.74) is -1.14. The van der Waals surface area contributed by atoms with Gasteiger partial charge in [0.2, 0.25) is 0 Å². The van der Waals surface area contributed by atoms with Crippen LogP contribution in [0.4, 0.5) is 8.78 Å². The highest BCUT2D eigenvalue weighted by atomic mass is 19.2. The van der Waals surface area contributed by atoms with Gasteiger partial charge in [0, 0.05) is 18.4 Å². The maximum atomic E-state index is 14.0. The molecule has 1 aliphatic carbocycles. The molecule has 2 rings (SSSR count). The van der Waals surface area contributed by atoms with Crippen LogP contribution >= 0.6 is 0 Å². The van der Waals surface area contributed by atoms with Crippen LogP contribution in [0.15, 0.2) is 12.1 Å². The number of halogens is 2. The molecule has 0 saturated heterocycles. The Hall–Kier alpha value is -1.29. The molecular weight excluding hydrogens is 238 g/mol. The van der Waals surface area contributed by atoms with E-state index in [-0.39, 0.29) is 37.0 Å². The molecule has 0 spiro atoms. The minimum atomic E-state index is -1.41. The van der Waals surface area contributed by atoms with E-state index in [1.807, 2.05) is 0 Å². The lowest BCUT2D eigenvalue weighted by molar-refractivity contribution is -0.125. The first-order valence-corrected chi connectivity index (χ1v) is 6.19. The molecule has 0 radical (unpaired) electrons. The Morgan fingerprint density at radius 3 is 2.39 bits per heavy atom. The Labute approximate surface area is 105 Å². The van der Waals surface area contributed by atoms with E-state index in [0.717, 1.165) is 0 Å². The molecule has 0 aromatic heterocycles. The van der Waals surface area contributed by atoms with Crippen molar-refractivity contribution in [1.29, 1.82) is 0 Å². The van der Waals surface area contributed by atoms with Crippen LogP contribution < -0.4 is 0 Å². The van der Waals surface area contributed by atoms with Crippen molar-refractivity contribution >= 4 is 5.78 Å². The van der Waals surface area contributed by atoms with Crippen molar-refractivity contribution in [2.45, 2.75) is 44.6 Å². The number of hydrogen-bond donors (Lipinski definition) is 1. The van der Waals surface area contributed by atoms with Crippen LogP contribution in [0.2, 0.25) is 0 Å². The Kier molecular flexibility index (Phi) is 3.48. The summed E-state index contributed by atoms with van der Waals surface area (Å²) in [4.78, 5) is 11.2. The van der Waals surface area contributed by atoms with Crippen molar-refractivity contribution in [1.82, 2.24) is 0 Å². The van der Waals surface area contributed by atoms with E-state index in [1.54, 1.807) is 6.92 Å². The lowest BCUT2D eigenvalue weighted by Crippen LogP contribution is -2.33. The highest BCUT2D eigenvalue weighted by Gasteiger charge is 2.37. The van der Waals surface area contributed by atoms with Crippen molar-refractivity contribution in [2.24, 2.45) is 0 Å². The predicted molar refractivity (Wildman–Crippen MR) is 63.1 cm³/mol. The van der Waals surface area contributed by atoms with Gasteiger partial charge in [-0.3, -0.25) is 4.79 Å².